The number of benzene rings is 1. The molecule has 1 aromatic carbocycles. The number of carbonyl (C=O) groups is 1. The summed E-state index contributed by atoms with van der Waals surface area (Å²) in [6.45, 7) is 4.09. The third kappa shape index (κ3) is 3.84. The van der Waals surface area contributed by atoms with Crippen LogP contribution in [0.2, 0.25) is 0 Å². The molecule has 98 valence electrons. The van der Waals surface area contributed by atoms with Gasteiger partial charge in [-0.15, -0.1) is 0 Å². The molecule has 0 aliphatic heterocycles. The van der Waals surface area contributed by atoms with Crippen LogP contribution >= 0.6 is 0 Å². The average molecular weight is 247 g/mol. The largest absolute Gasteiger partial charge is 0.464 e. The topological polar surface area (TPSA) is 38.3 Å². The van der Waals surface area contributed by atoms with Crippen molar-refractivity contribution in [3.8, 4) is 0 Å². The zero-order valence-electron chi connectivity index (χ0n) is 10.9. The summed E-state index contributed by atoms with van der Waals surface area (Å²) in [5.41, 5.74) is 2.53. The first-order chi connectivity index (χ1) is 8.75. The van der Waals surface area contributed by atoms with Gasteiger partial charge >= 0.3 is 5.97 Å². The molecule has 18 heavy (non-hydrogen) atoms. The van der Waals surface area contributed by atoms with Gasteiger partial charge in [-0.2, -0.15) is 0 Å². The summed E-state index contributed by atoms with van der Waals surface area (Å²) in [6.07, 6.45) is 3.19. The minimum Gasteiger partial charge on any atom is -0.464 e. The van der Waals surface area contributed by atoms with E-state index in [4.69, 9.17) is 4.74 Å². The van der Waals surface area contributed by atoms with Gasteiger partial charge in [0.2, 0.25) is 0 Å². The van der Waals surface area contributed by atoms with E-state index in [0.29, 0.717) is 13.2 Å². The third-order valence-electron chi connectivity index (χ3n) is 3.41. The summed E-state index contributed by atoms with van der Waals surface area (Å²) in [6, 6.07) is 8.44. The zero-order chi connectivity index (χ0) is 12.8. The Balaban J connectivity index is 1.55. The van der Waals surface area contributed by atoms with Gasteiger partial charge in [-0.05, 0) is 25.3 Å². The Kier molecular flexibility index (Phi) is 4.76. The van der Waals surface area contributed by atoms with Gasteiger partial charge in [0.05, 0.1) is 5.92 Å². The molecule has 2 rings (SSSR count). The van der Waals surface area contributed by atoms with Gasteiger partial charge in [-0.1, -0.05) is 36.2 Å². The van der Waals surface area contributed by atoms with Crippen LogP contribution in [0.3, 0.4) is 0 Å². The van der Waals surface area contributed by atoms with Gasteiger partial charge < -0.3 is 10.1 Å². The number of carbonyl (C=O) groups excluding carboxylic acids is 1. The number of nitrogens with one attached hydrogen (secondary N) is 1. The van der Waals surface area contributed by atoms with Crippen LogP contribution in [0.5, 0.6) is 0 Å². The van der Waals surface area contributed by atoms with Gasteiger partial charge in [-0.3, -0.25) is 4.79 Å². The Bertz CT molecular complexity index is 382. The highest BCUT2D eigenvalue weighted by atomic mass is 16.5. The van der Waals surface area contributed by atoms with Gasteiger partial charge in [0.15, 0.2) is 0 Å². The molecule has 0 bridgehead atoms. The summed E-state index contributed by atoms with van der Waals surface area (Å²) < 4.78 is 5.20. The Morgan fingerprint density at radius 2 is 2.06 bits per heavy atom. The van der Waals surface area contributed by atoms with Crippen molar-refractivity contribution in [2.24, 2.45) is 5.92 Å². The zero-order valence-corrected chi connectivity index (χ0v) is 10.9. The molecule has 1 aliphatic carbocycles. The fourth-order valence-electron chi connectivity index (χ4n) is 1.92. The molecule has 1 aromatic rings. The minimum atomic E-state index is -0.0154. The van der Waals surface area contributed by atoms with Crippen LogP contribution in [0.25, 0.3) is 0 Å². The third-order valence-corrected chi connectivity index (χ3v) is 3.41. The first-order valence-corrected chi connectivity index (χ1v) is 6.68. The van der Waals surface area contributed by atoms with E-state index >= 15 is 0 Å². The summed E-state index contributed by atoms with van der Waals surface area (Å²) >= 11 is 0. The van der Waals surface area contributed by atoms with Crippen LogP contribution in [-0.4, -0.2) is 19.1 Å². The number of aryl methyl sites for hydroxylation is 1. The second-order valence-electron chi connectivity index (χ2n) is 4.96. The molecule has 1 saturated carbocycles. The standard InChI is InChI=1S/C15H21NO2/c1-12-5-7-13(8-6-12)11-16-9-10-18-15(17)14-3-2-4-14/h5-8,14,16H,2-4,9-11H2,1H3. The van der Waals surface area contributed by atoms with Crippen LogP contribution in [0, 0.1) is 12.8 Å². The highest BCUT2D eigenvalue weighted by molar-refractivity contribution is 5.73. The molecule has 3 heteroatoms. The van der Waals surface area contributed by atoms with E-state index in [1.807, 2.05) is 0 Å². The summed E-state index contributed by atoms with van der Waals surface area (Å²) in [5, 5.41) is 3.27. The normalized spacial score (nSPS) is 15.2. The lowest BCUT2D eigenvalue weighted by atomic mass is 9.86. The molecule has 3 nitrogen and oxygen atoms in total. The quantitative estimate of drug-likeness (QED) is 0.620. The van der Waals surface area contributed by atoms with Gasteiger partial charge in [-0.25, -0.2) is 0 Å². The lowest BCUT2D eigenvalue weighted by Gasteiger charge is -2.23. The molecule has 0 aromatic heterocycles. The first kappa shape index (κ1) is 13.1. The predicted molar refractivity (Wildman–Crippen MR) is 71.2 cm³/mol. The monoisotopic (exact) mass is 247 g/mol. The molecule has 1 fully saturated rings. The van der Waals surface area contributed by atoms with Gasteiger partial charge in [0.25, 0.3) is 0 Å². The van der Waals surface area contributed by atoms with Crippen molar-refractivity contribution in [1.29, 1.82) is 0 Å². The highest BCUT2D eigenvalue weighted by Gasteiger charge is 2.26. The van der Waals surface area contributed by atoms with Crippen LogP contribution in [0.4, 0.5) is 0 Å². The average Bonchev–Trinajstić information content (AvgIpc) is 2.29. The molecular weight excluding hydrogens is 226 g/mol. The molecule has 0 amide bonds. The smallest absolute Gasteiger partial charge is 0.308 e. The lowest BCUT2D eigenvalue weighted by molar-refractivity contribution is -0.151. The van der Waals surface area contributed by atoms with Crippen LogP contribution in [-0.2, 0) is 16.1 Å². The van der Waals surface area contributed by atoms with Crippen molar-refractivity contribution in [1.82, 2.24) is 5.32 Å². The minimum absolute atomic E-state index is 0.0154. The van der Waals surface area contributed by atoms with Gasteiger partial charge in [0, 0.05) is 13.1 Å². The predicted octanol–water partition coefficient (Wildman–Crippen LogP) is 2.43. The molecule has 0 atom stereocenters. The van der Waals surface area contributed by atoms with E-state index in [1.165, 1.54) is 17.5 Å². The Hall–Kier alpha value is -1.35. The number of hydrogen-bond donors (Lipinski definition) is 1. The van der Waals surface area contributed by atoms with Crippen molar-refractivity contribution in [2.45, 2.75) is 32.7 Å². The van der Waals surface area contributed by atoms with Crippen molar-refractivity contribution >= 4 is 5.97 Å². The Morgan fingerprint density at radius 3 is 2.67 bits per heavy atom. The molecule has 0 saturated heterocycles. The van der Waals surface area contributed by atoms with Crippen molar-refractivity contribution in [2.75, 3.05) is 13.2 Å². The van der Waals surface area contributed by atoms with Crippen molar-refractivity contribution < 1.29 is 9.53 Å². The molecular formula is C15H21NO2. The molecule has 0 unspecified atom stereocenters. The maximum atomic E-state index is 11.4. The van der Waals surface area contributed by atoms with Crippen LogP contribution in [0.15, 0.2) is 24.3 Å². The number of ether oxygens (including phenoxy) is 1. The molecule has 0 radical (unpaired) electrons. The lowest BCUT2D eigenvalue weighted by Crippen LogP contribution is -2.27. The number of hydrogen-bond acceptors (Lipinski definition) is 3. The van der Waals surface area contributed by atoms with E-state index in [2.05, 4.69) is 36.5 Å². The summed E-state index contributed by atoms with van der Waals surface area (Å²) in [5.74, 6) is 0.167. The van der Waals surface area contributed by atoms with E-state index in [0.717, 1.165) is 19.4 Å². The van der Waals surface area contributed by atoms with E-state index in [1.54, 1.807) is 0 Å². The van der Waals surface area contributed by atoms with E-state index < -0.39 is 0 Å². The molecule has 1 aliphatic rings. The SMILES string of the molecule is Cc1ccc(CNCCOC(=O)C2CCC2)cc1. The fourth-order valence-corrected chi connectivity index (χ4v) is 1.92. The van der Waals surface area contributed by atoms with E-state index in [-0.39, 0.29) is 11.9 Å². The second-order valence-corrected chi connectivity index (χ2v) is 4.96. The first-order valence-electron chi connectivity index (χ1n) is 6.68. The maximum Gasteiger partial charge on any atom is 0.308 e. The van der Waals surface area contributed by atoms with Crippen molar-refractivity contribution in [3.05, 3.63) is 35.4 Å². The van der Waals surface area contributed by atoms with Crippen molar-refractivity contribution in [3.63, 3.8) is 0 Å². The summed E-state index contributed by atoms with van der Waals surface area (Å²) in [7, 11) is 0. The second kappa shape index (κ2) is 6.55. The Labute approximate surface area is 109 Å². The number of esters is 1. The number of rotatable bonds is 6. The highest BCUT2D eigenvalue weighted by Crippen LogP contribution is 2.27. The maximum absolute atomic E-state index is 11.4. The summed E-state index contributed by atoms with van der Waals surface area (Å²) in [4.78, 5) is 11.4. The molecule has 1 N–H and O–H groups in total. The Morgan fingerprint density at radius 1 is 1.33 bits per heavy atom. The van der Waals surface area contributed by atoms with Crippen LogP contribution < -0.4 is 5.32 Å². The molecule has 0 spiro atoms. The van der Waals surface area contributed by atoms with E-state index in [9.17, 15) is 4.79 Å². The van der Waals surface area contributed by atoms with Crippen LogP contribution in [0.1, 0.15) is 30.4 Å². The fraction of sp³-hybridized carbons (Fsp3) is 0.533. The molecule has 0 heterocycles. The van der Waals surface area contributed by atoms with Gasteiger partial charge in [0.1, 0.15) is 6.61 Å².